The van der Waals surface area contributed by atoms with Crippen LogP contribution in [0.5, 0.6) is 17.2 Å². The van der Waals surface area contributed by atoms with Gasteiger partial charge >= 0.3 is 0 Å². The van der Waals surface area contributed by atoms with Crippen molar-refractivity contribution in [3.05, 3.63) is 17.7 Å². The predicted octanol–water partition coefficient (Wildman–Crippen LogP) is 2.78. The summed E-state index contributed by atoms with van der Waals surface area (Å²) < 4.78 is 0. The van der Waals surface area contributed by atoms with Gasteiger partial charge in [-0.3, -0.25) is 4.90 Å². The van der Waals surface area contributed by atoms with E-state index in [0.717, 1.165) is 45.4 Å². The first-order valence-electron chi connectivity index (χ1n) is 7.33. The molecule has 0 unspecified atom stereocenters. The molecule has 1 aliphatic rings. The number of hydrogen-bond donors (Lipinski definition) is 4. The van der Waals surface area contributed by atoms with E-state index in [1.807, 2.05) is 0 Å². The summed E-state index contributed by atoms with van der Waals surface area (Å²) in [6.07, 6.45) is 3.09. The van der Waals surface area contributed by atoms with E-state index in [1.165, 1.54) is 6.07 Å². The molecule has 1 aliphatic heterocycles. The summed E-state index contributed by atoms with van der Waals surface area (Å²) in [6.45, 7) is 5.87. The number of phenols is 3. The molecule has 1 heterocycles. The minimum absolute atomic E-state index is 0. The number of phenolic OH excluding ortho intramolecular Hbond substituents is 3. The largest absolute Gasteiger partial charge is 0.504 e. The highest BCUT2D eigenvalue weighted by Crippen LogP contribution is 2.42. The molecule has 1 fully saturated rings. The van der Waals surface area contributed by atoms with Crippen molar-refractivity contribution in [3.63, 3.8) is 0 Å². The van der Waals surface area contributed by atoms with Crippen LogP contribution in [0.2, 0.25) is 0 Å². The molecule has 22 heavy (non-hydrogen) atoms. The Morgan fingerprint density at radius 3 is 2.32 bits per heavy atom. The van der Waals surface area contributed by atoms with Crippen LogP contribution in [0.1, 0.15) is 37.8 Å². The van der Waals surface area contributed by atoms with Crippen molar-refractivity contribution in [2.45, 2.75) is 32.2 Å². The standard InChI is InChI=1S/C15H24N2O3.2ClH/c1-2-3-4-12(17-9-7-16-8-10-17)11-5-6-13(18)15(20)14(11)19;;/h5-6,12,16,18-20H,2-4,7-10H2,1H3;2*1H/t12-;;/m1../s1. The van der Waals surface area contributed by atoms with E-state index in [4.69, 9.17) is 0 Å². The molecular weight excluding hydrogens is 327 g/mol. The first-order chi connectivity index (χ1) is 9.65. The highest BCUT2D eigenvalue weighted by Gasteiger charge is 2.25. The van der Waals surface area contributed by atoms with Crippen LogP contribution in [0.3, 0.4) is 0 Å². The van der Waals surface area contributed by atoms with Crippen molar-refractivity contribution in [1.82, 2.24) is 10.2 Å². The van der Waals surface area contributed by atoms with Crippen molar-refractivity contribution >= 4 is 24.8 Å². The maximum Gasteiger partial charge on any atom is 0.200 e. The van der Waals surface area contributed by atoms with Gasteiger partial charge in [0.15, 0.2) is 11.5 Å². The molecular formula is C15H26Cl2N2O3. The molecule has 5 nitrogen and oxygen atoms in total. The zero-order valence-corrected chi connectivity index (χ0v) is 14.4. The van der Waals surface area contributed by atoms with Gasteiger partial charge in [-0.1, -0.05) is 19.8 Å². The lowest BCUT2D eigenvalue weighted by Gasteiger charge is -2.35. The Labute approximate surface area is 144 Å². The second-order valence-corrected chi connectivity index (χ2v) is 5.32. The number of unbranched alkanes of at least 4 members (excludes halogenated alkanes) is 1. The van der Waals surface area contributed by atoms with Crippen LogP contribution in [0.25, 0.3) is 0 Å². The molecule has 0 radical (unpaired) electrons. The average Bonchev–Trinajstić information content (AvgIpc) is 2.48. The molecule has 128 valence electrons. The van der Waals surface area contributed by atoms with Crippen LogP contribution in [0.4, 0.5) is 0 Å². The Kier molecular flexibility index (Phi) is 9.60. The fourth-order valence-corrected chi connectivity index (χ4v) is 2.78. The van der Waals surface area contributed by atoms with Crippen molar-refractivity contribution in [1.29, 1.82) is 0 Å². The van der Waals surface area contributed by atoms with Gasteiger partial charge in [-0.05, 0) is 18.6 Å². The maximum absolute atomic E-state index is 10.1. The number of benzene rings is 1. The molecule has 1 aromatic carbocycles. The number of rotatable bonds is 5. The fourth-order valence-electron chi connectivity index (χ4n) is 2.78. The number of aromatic hydroxyl groups is 3. The van der Waals surface area contributed by atoms with Crippen LogP contribution in [0, 0.1) is 0 Å². The summed E-state index contributed by atoms with van der Waals surface area (Å²) in [5.74, 6) is -0.885. The van der Waals surface area contributed by atoms with Crippen LogP contribution in [0.15, 0.2) is 12.1 Å². The topological polar surface area (TPSA) is 76.0 Å². The number of nitrogens with one attached hydrogen (secondary N) is 1. The van der Waals surface area contributed by atoms with Crippen LogP contribution in [-0.4, -0.2) is 46.4 Å². The zero-order chi connectivity index (χ0) is 14.5. The van der Waals surface area contributed by atoms with Gasteiger partial charge in [0.1, 0.15) is 0 Å². The Hall–Kier alpha value is -0.880. The number of halogens is 2. The second-order valence-electron chi connectivity index (χ2n) is 5.32. The first kappa shape index (κ1) is 21.1. The summed E-state index contributed by atoms with van der Waals surface area (Å²) >= 11 is 0. The minimum atomic E-state index is -0.417. The monoisotopic (exact) mass is 352 g/mol. The average molecular weight is 353 g/mol. The third-order valence-corrected chi connectivity index (χ3v) is 3.94. The van der Waals surface area contributed by atoms with Crippen LogP contribution < -0.4 is 5.32 Å². The molecule has 1 saturated heterocycles. The van der Waals surface area contributed by atoms with Crippen molar-refractivity contribution in [3.8, 4) is 17.2 Å². The molecule has 7 heteroatoms. The van der Waals surface area contributed by atoms with Gasteiger partial charge in [-0.25, -0.2) is 0 Å². The zero-order valence-electron chi connectivity index (χ0n) is 12.8. The molecule has 4 N–H and O–H groups in total. The second kappa shape index (κ2) is 10.0. The first-order valence-corrected chi connectivity index (χ1v) is 7.33. The van der Waals surface area contributed by atoms with E-state index in [1.54, 1.807) is 6.07 Å². The highest BCUT2D eigenvalue weighted by atomic mass is 35.5. The van der Waals surface area contributed by atoms with Gasteiger partial charge in [0.2, 0.25) is 5.75 Å². The van der Waals surface area contributed by atoms with E-state index >= 15 is 0 Å². The summed E-state index contributed by atoms with van der Waals surface area (Å²) in [5, 5.41) is 32.6. The molecule has 1 atom stereocenters. The fraction of sp³-hybridized carbons (Fsp3) is 0.600. The maximum atomic E-state index is 10.1. The van der Waals surface area contributed by atoms with Crippen LogP contribution >= 0.6 is 24.8 Å². The molecule has 0 bridgehead atoms. The van der Waals surface area contributed by atoms with Gasteiger partial charge in [0.05, 0.1) is 0 Å². The van der Waals surface area contributed by atoms with E-state index in [-0.39, 0.29) is 42.4 Å². The lowest BCUT2D eigenvalue weighted by Crippen LogP contribution is -2.45. The highest BCUT2D eigenvalue weighted by molar-refractivity contribution is 5.85. The van der Waals surface area contributed by atoms with Gasteiger partial charge in [0.25, 0.3) is 0 Å². The Morgan fingerprint density at radius 1 is 1.09 bits per heavy atom. The Balaban J connectivity index is 0.00000220. The lowest BCUT2D eigenvalue weighted by atomic mass is 9.97. The predicted molar refractivity (Wildman–Crippen MR) is 92.6 cm³/mol. The van der Waals surface area contributed by atoms with Gasteiger partial charge in [0, 0.05) is 37.8 Å². The summed E-state index contributed by atoms with van der Waals surface area (Å²) in [4.78, 5) is 2.33. The number of nitrogens with zero attached hydrogens (tertiary/aromatic N) is 1. The van der Waals surface area contributed by atoms with E-state index < -0.39 is 5.75 Å². The van der Waals surface area contributed by atoms with Crippen LogP contribution in [-0.2, 0) is 0 Å². The Morgan fingerprint density at radius 2 is 1.73 bits per heavy atom. The summed E-state index contributed by atoms with van der Waals surface area (Å²) in [5.41, 5.74) is 0.704. The molecule has 0 spiro atoms. The summed E-state index contributed by atoms with van der Waals surface area (Å²) in [6, 6.07) is 3.25. The molecule has 0 aromatic heterocycles. The van der Waals surface area contributed by atoms with Gasteiger partial charge in [-0.2, -0.15) is 0 Å². The van der Waals surface area contributed by atoms with Crippen molar-refractivity contribution in [2.24, 2.45) is 0 Å². The summed E-state index contributed by atoms with van der Waals surface area (Å²) in [7, 11) is 0. The molecule has 1 aromatic rings. The number of piperazine rings is 1. The Bertz CT molecular complexity index is 455. The van der Waals surface area contributed by atoms with E-state index in [2.05, 4.69) is 17.1 Å². The van der Waals surface area contributed by atoms with Crippen molar-refractivity contribution < 1.29 is 15.3 Å². The smallest absolute Gasteiger partial charge is 0.200 e. The van der Waals surface area contributed by atoms with Gasteiger partial charge < -0.3 is 20.6 Å². The third kappa shape index (κ3) is 4.81. The third-order valence-electron chi connectivity index (χ3n) is 3.94. The van der Waals surface area contributed by atoms with E-state index in [0.29, 0.717) is 5.56 Å². The number of hydrogen-bond acceptors (Lipinski definition) is 5. The normalized spacial score (nSPS) is 16.4. The van der Waals surface area contributed by atoms with E-state index in [9.17, 15) is 15.3 Å². The molecule has 0 saturated carbocycles. The SMILES string of the molecule is CCCC[C@H](c1ccc(O)c(O)c1O)N1CCNCC1.Cl.Cl. The van der Waals surface area contributed by atoms with Crippen molar-refractivity contribution in [2.75, 3.05) is 26.2 Å². The van der Waals surface area contributed by atoms with Gasteiger partial charge in [-0.15, -0.1) is 24.8 Å². The quantitative estimate of drug-likeness (QED) is 0.613. The molecule has 0 aliphatic carbocycles. The minimum Gasteiger partial charge on any atom is -0.504 e. The lowest BCUT2D eigenvalue weighted by molar-refractivity contribution is 0.160. The molecule has 0 amide bonds. The molecule has 2 rings (SSSR count).